The molecule has 0 bridgehead atoms. The van der Waals surface area contributed by atoms with E-state index in [9.17, 15) is 4.79 Å². The molecular weight excluding hydrogens is 388 g/mol. The van der Waals surface area contributed by atoms with Crippen LogP contribution in [0, 0.1) is 20.8 Å². The third-order valence-corrected chi connectivity index (χ3v) is 5.61. The fourth-order valence-electron chi connectivity index (χ4n) is 2.27. The predicted octanol–water partition coefficient (Wildman–Crippen LogP) is 5.22. The molecular formula is C19H21BrO3S. The molecule has 0 aliphatic rings. The first-order chi connectivity index (χ1) is 11.4. The Morgan fingerprint density at radius 3 is 2.58 bits per heavy atom. The van der Waals surface area contributed by atoms with Gasteiger partial charge in [0.1, 0.15) is 12.4 Å². The van der Waals surface area contributed by atoms with Gasteiger partial charge >= 0.3 is 5.97 Å². The maximum atomic E-state index is 12.0. The summed E-state index contributed by atoms with van der Waals surface area (Å²) in [6.07, 6.45) is 0. The molecule has 0 aromatic heterocycles. The molecule has 0 atom stereocenters. The molecule has 2 aromatic rings. The Hall–Kier alpha value is -1.46. The number of halogens is 1. The molecule has 0 saturated carbocycles. The minimum Gasteiger partial charge on any atom is -0.496 e. The van der Waals surface area contributed by atoms with Crippen LogP contribution in [0.25, 0.3) is 0 Å². The molecule has 128 valence electrons. The molecule has 0 heterocycles. The van der Waals surface area contributed by atoms with Crippen LogP contribution in [0.1, 0.15) is 22.3 Å². The summed E-state index contributed by atoms with van der Waals surface area (Å²) in [5.41, 5.74) is 4.29. The summed E-state index contributed by atoms with van der Waals surface area (Å²) in [4.78, 5) is 13.1. The van der Waals surface area contributed by atoms with Crippen molar-refractivity contribution < 1.29 is 14.3 Å². The van der Waals surface area contributed by atoms with Crippen molar-refractivity contribution in [1.29, 1.82) is 0 Å². The van der Waals surface area contributed by atoms with E-state index >= 15 is 0 Å². The van der Waals surface area contributed by atoms with Gasteiger partial charge in [0.25, 0.3) is 0 Å². The molecule has 0 N–H and O–H groups in total. The second-order valence-corrected chi connectivity index (χ2v) is 7.50. The van der Waals surface area contributed by atoms with Crippen LogP contribution in [-0.4, -0.2) is 18.8 Å². The number of esters is 1. The quantitative estimate of drug-likeness (QED) is 0.484. The van der Waals surface area contributed by atoms with Crippen LogP contribution < -0.4 is 4.74 Å². The highest BCUT2D eigenvalue weighted by Crippen LogP contribution is 2.28. The third-order valence-electron chi connectivity index (χ3n) is 3.63. The SMILES string of the molecule is COc1ccc(C)cc1COC(=O)CSc1cc(C)c(Br)cc1C. The van der Waals surface area contributed by atoms with Crippen LogP contribution in [-0.2, 0) is 16.1 Å². The number of hydrogen-bond donors (Lipinski definition) is 0. The number of aryl methyl sites for hydroxylation is 3. The molecule has 0 fully saturated rings. The molecule has 0 amide bonds. The molecule has 2 aromatic carbocycles. The van der Waals surface area contributed by atoms with Crippen LogP contribution in [0.4, 0.5) is 0 Å². The fraction of sp³-hybridized carbons (Fsp3) is 0.316. The van der Waals surface area contributed by atoms with Gasteiger partial charge in [0.2, 0.25) is 0 Å². The Bertz CT molecular complexity index is 744. The van der Waals surface area contributed by atoms with E-state index in [0.29, 0.717) is 0 Å². The third kappa shape index (κ3) is 5.02. The lowest BCUT2D eigenvalue weighted by molar-refractivity contribution is -0.141. The zero-order chi connectivity index (χ0) is 17.7. The molecule has 0 spiro atoms. The minimum absolute atomic E-state index is 0.225. The van der Waals surface area contributed by atoms with Gasteiger partial charge in [0.15, 0.2) is 0 Å². The number of rotatable bonds is 6. The van der Waals surface area contributed by atoms with Crippen molar-refractivity contribution in [2.45, 2.75) is 32.3 Å². The molecule has 0 unspecified atom stereocenters. The first-order valence-electron chi connectivity index (χ1n) is 7.59. The van der Waals surface area contributed by atoms with Gasteiger partial charge in [-0.25, -0.2) is 0 Å². The number of thioether (sulfide) groups is 1. The molecule has 24 heavy (non-hydrogen) atoms. The van der Waals surface area contributed by atoms with E-state index in [0.717, 1.165) is 37.4 Å². The summed E-state index contributed by atoms with van der Waals surface area (Å²) in [7, 11) is 1.62. The Kier molecular flexibility index (Phi) is 6.75. The normalized spacial score (nSPS) is 10.5. The van der Waals surface area contributed by atoms with Crippen molar-refractivity contribution in [3.8, 4) is 5.75 Å². The van der Waals surface area contributed by atoms with Crippen LogP contribution >= 0.6 is 27.7 Å². The zero-order valence-electron chi connectivity index (χ0n) is 14.3. The summed E-state index contributed by atoms with van der Waals surface area (Å²) < 4.78 is 11.8. The van der Waals surface area contributed by atoms with Gasteiger partial charge in [-0.1, -0.05) is 27.6 Å². The molecule has 0 aliphatic carbocycles. The van der Waals surface area contributed by atoms with E-state index in [1.165, 1.54) is 11.8 Å². The van der Waals surface area contributed by atoms with E-state index in [4.69, 9.17) is 9.47 Å². The highest BCUT2D eigenvalue weighted by Gasteiger charge is 2.10. The van der Waals surface area contributed by atoms with E-state index in [2.05, 4.69) is 28.1 Å². The van der Waals surface area contributed by atoms with Crippen LogP contribution in [0.2, 0.25) is 0 Å². The lowest BCUT2D eigenvalue weighted by Gasteiger charge is -2.11. The maximum Gasteiger partial charge on any atom is 0.316 e. The van der Waals surface area contributed by atoms with Crippen molar-refractivity contribution in [3.63, 3.8) is 0 Å². The first kappa shape index (κ1) is 18.9. The average molecular weight is 409 g/mol. The highest BCUT2D eigenvalue weighted by atomic mass is 79.9. The minimum atomic E-state index is -0.233. The van der Waals surface area contributed by atoms with Gasteiger partial charge in [-0.2, -0.15) is 0 Å². The maximum absolute atomic E-state index is 12.0. The van der Waals surface area contributed by atoms with Crippen LogP contribution in [0.15, 0.2) is 39.7 Å². The number of carbonyl (C=O) groups excluding carboxylic acids is 1. The van der Waals surface area contributed by atoms with Crippen molar-refractivity contribution >= 4 is 33.7 Å². The van der Waals surface area contributed by atoms with Crippen LogP contribution in [0.3, 0.4) is 0 Å². The Labute approximate surface area is 155 Å². The van der Waals surface area contributed by atoms with E-state index in [1.54, 1.807) is 7.11 Å². The fourth-order valence-corrected chi connectivity index (χ4v) is 3.63. The molecule has 2 rings (SSSR count). The van der Waals surface area contributed by atoms with Gasteiger partial charge in [0, 0.05) is 14.9 Å². The topological polar surface area (TPSA) is 35.5 Å². The number of carbonyl (C=O) groups is 1. The molecule has 0 aliphatic heterocycles. The molecule has 0 saturated heterocycles. The van der Waals surface area contributed by atoms with Crippen molar-refractivity contribution in [3.05, 3.63) is 57.1 Å². The van der Waals surface area contributed by atoms with Gasteiger partial charge in [0.05, 0.1) is 12.9 Å². The van der Waals surface area contributed by atoms with Gasteiger partial charge in [-0.15, -0.1) is 11.8 Å². The monoisotopic (exact) mass is 408 g/mol. The summed E-state index contributed by atoms with van der Waals surface area (Å²) in [5.74, 6) is 0.791. The first-order valence-corrected chi connectivity index (χ1v) is 9.37. The largest absolute Gasteiger partial charge is 0.496 e. The van der Waals surface area contributed by atoms with E-state index < -0.39 is 0 Å². The molecule has 3 nitrogen and oxygen atoms in total. The number of ether oxygens (including phenoxy) is 2. The lowest BCUT2D eigenvalue weighted by atomic mass is 10.1. The van der Waals surface area contributed by atoms with Gasteiger partial charge in [-0.3, -0.25) is 4.79 Å². The van der Waals surface area contributed by atoms with Crippen molar-refractivity contribution in [1.82, 2.24) is 0 Å². The van der Waals surface area contributed by atoms with E-state index in [-0.39, 0.29) is 18.3 Å². The predicted molar refractivity (Wildman–Crippen MR) is 102 cm³/mol. The Morgan fingerprint density at radius 1 is 1.12 bits per heavy atom. The zero-order valence-corrected chi connectivity index (χ0v) is 16.7. The second kappa shape index (κ2) is 8.58. The Morgan fingerprint density at radius 2 is 1.88 bits per heavy atom. The number of benzene rings is 2. The summed E-state index contributed by atoms with van der Waals surface area (Å²) in [5, 5.41) is 0. The number of hydrogen-bond acceptors (Lipinski definition) is 4. The second-order valence-electron chi connectivity index (χ2n) is 5.63. The Balaban J connectivity index is 1.93. The summed E-state index contributed by atoms with van der Waals surface area (Å²) >= 11 is 5.02. The van der Waals surface area contributed by atoms with E-state index in [1.807, 2.05) is 39.0 Å². The lowest BCUT2D eigenvalue weighted by Crippen LogP contribution is -2.08. The molecule has 5 heteroatoms. The average Bonchev–Trinajstić information content (AvgIpc) is 2.55. The van der Waals surface area contributed by atoms with Gasteiger partial charge in [-0.05, 0) is 56.2 Å². The highest BCUT2D eigenvalue weighted by molar-refractivity contribution is 9.10. The number of methoxy groups -OCH3 is 1. The molecule has 0 radical (unpaired) electrons. The smallest absolute Gasteiger partial charge is 0.316 e. The standard InChI is InChI=1S/C19H21BrO3S/c1-12-5-6-17(22-4)15(7-12)10-23-19(21)11-24-18-9-13(2)16(20)8-14(18)3/h5-9H,10-11H2,1-4H3. The van der Waals surface area contributed by atoms with Crippen LogP contribution in [0.5, 0.6) is 5.75 Å². The van der Waals surface area contributed by atoms with Crippen molar-refractivity contribution in [2.24, 2.45) is 0 Å². The van der Waals surface area contributed by atoms with Crippen molar-refractivity contribution in [2.75, 3.05) is 12.9 Å². The summed E-state index contributed by atoms with van der Waals surface area (Å²) in [6.45, 7) is 6.30. The summed E-state index contributed by atoms with van der Waals surface area (Å²) in [6, 6.07) is 9.99. The van der Waals surface area contributed by atoms with Gasteiger partial charge < -0.3 is 9.47 Å².